The van der Waals surface area contributed by atoms with Gasteiger partial charge in [-0.2, -0.15) is 31.4 Å². The van der Waals surface area contributed by atoms with Crippen LogP contribution in [0.4, 0.5) is 13.2 Å². The molecule has 14 heavy (non-hydrogen) atoms. The molecule has 0 aliphatic carbocycles. The van der Waals surface area contributed by atoms with Crippen molar-refractivity contribution in [3.63, 3.8) is 0 Å². The Morgan fingerprint density at radius 2 is 1.43 bits per heavy atom. The molecule has 1 aromatic carbocycles. The van der Waals surface area contributed by atoms with Crippen LogP contribution in [0.2, 0.25) is 0 Å². The van der Waals surface area contributed by atoms with E-state index in [-0.39, 0.29) is 17.1 Å². The van der Waals surface area contributed by atoms with Crippen LogP contribution >= 0.6 is 0 Å². The molecule has 0 bridgehead atoms. The fourth-order valence-electron chi connectivity index (χ4n) is 0.321. The molecule has 0 radical (unpaired) electrons. The fraction of sp³-hybridized carbons (Fsp3) is 0.167. The molecular weight excluding hydrogens is 265 g/mol. The second-order valence-electron chi connectivity index (χ2n) is 1.86. The average Bonchev–Trinajstić information content (AvgIpc) is 2.35. The van der Waals surface area contributed by atoms with Crippen molar-refractivity contribution in [2.45, 2.75) is 5.51 Å². The molecule has 0 aromatic heterocycles. The summed E-state index contributed by atoms with van der Waals surface area (Å²) in [5, 5.41) is 0. The summed E-state index contributed by atoms with van der Waals surface area (Å²) < 4.78 is 58.9. The fourth-order valence-corrected chi connectivity index (χ4v) is 0.321. The maximum atomic E-state index is 10.7. The minimum atomic E-state index is -6.09. The van der Waals surface area contributed by atoms with Crippen LogP contribution in [-0.2, 0) is 27.2 Å². The van der Waals surface area contributed by atoms with Crippen molar-refractivity contribution in [3.05, 3.63) is 30.3 Å². The van der Waals surface area contributed by atoms with Gasteiger partial charge < -0.3 is 4.55 Å². The first kappa shape index (κ1) is 16.0. The summed E-state index contributed by atoms with van der Waals surface area (Å²) in [4.78, 5) is 0. The van der Waals surface area contributed by atoms with Crippen LogP contribution in [0.5, 0.6) is 0 Å². The van der Waals surface area contributed by atoms with Crippen LogP contribution in [0.3, 0.4) is 0 Å². The Morgan fingerprint density at radius 1 is 1.14 bits per heavy atom. The van der Waals surface area contributed by atoms with Gasteiger partial charge in [-0.05, 0) is 0 Å². The van der Waals surface area contributed by atoms with E-state index >= 15 is 0 Å². The van der Waals surface area contributed by atoms with Gasteiger partial charge in [0.2, 0.25) is 0 Å². The third kappa shape index (κ3) is 7.02. The normalized spacial score (nSPS) is 10.9. The van der Waals surface area contributed by atoms with Crippen LogP contribution in [-0.4, -0.2) is 18.5 Å². The number of halogens is 3. The van der Waals surface area contributed by atoms with Gasteiger partial charge >= 0.3 is 22.6 Å². The maximum absolute atomic E-state index is 10.7. The Balaban J connectivity index is 0. The van der Waals surface area contributed by atoms with E-state index in [1.165, 1.54) is 0 Å². The third-order valence-corrected chi connectivity index (χ3v) is 1.41. The van der Waals surface area contributed by atoms with Gasteiger partial charge in [0.15, 0.2) is 10.1 Å². The summed E-state index contributed by atoms with van der Waals surface area (Å²) in [5.41, 5.74) is -5.65. The van der Waals surface area contributed by atoms with Crippen molar-refractivity contribution < 1.29 is 43.2 Å². The second kappa shape index (κ2) is 6.13. The molecule has 0 unspecified atom stereocenters. The van der Waals surface area contributed by atoms with E-state index in [4.69, 9.17) is 13.0 Å². The Morgan fingerprint density at radius 3 is 1.50 bits per heavy atom. The van der Waals surface area contributed by atoms with Crippen LogP contribution in [0.1, 0.15) is 0 Å². The topological polar surface area (TPSA) is 57.2 Å². The van der Waals surface area contributed by atoms with Crippen LogP contribution in [0.25, 0.3) is 0 Å². The van der Waals surface area contributed by atoms with Crippen molar-refractivity contribution in [2.75, 3.05) is 0 Å². The first-order valence-corrected chi connectivity index (χ1v) is 4.35. The molecule has 82 valence electrons. The SMILES string of the molecule is O=S(=O)([O-])C(F)(F)F.[Fe+2].c1cc[cH-]c1. The standard InChI is InChI=1S/C5H5.CHF3O3S.Fe/c1-2-4-5-3-1;2-1(3,4)8(5,6)7;/h1-5H;(H,5,6,7);/q-1;;+2/p-1. The molecule has 0 aliphatic heterocycles. The van der Waals surface area contributed by atoms with Gasteiger partial charge in [0.05, 0.1) is 0 Å². The van der Waals surface area contributed by atoms with E-state index in [0.717, 1.165) is 0 Å². The van der Waals surface area contributed by atoms with Gasteiger partial charge in [0, 0.05) is 0 Å². The van der Waals surface area contributed by atoms with Gasteiger partial charge in [-0.1, -0.05) is 0 Å². The van der Waals surface area contributed by atoms with Crippen molar-refractivity contribution in [1.29, 1.82) is 0 Å². The minimum Gasteiger partial charge on any atom is -0.741 e. The number of hydrogen-bond acceptors (Lipinski definition) is 3. The number of hydrogen-bond donors (Lipinski definition) is 0. The van der Waals surface area contributed by atoms with E-state index in [9.17, 15) is 13.2 Å². The van der Waals surface area contributed by atoms with Crippen LogP contribution in [0, 0.1) is 0 Å². The zero-order valence-corrected chi connectivity index (χ0v) is 8.43. The van der Waals surface area contributed by atoms with Gasteiger partial charge in [-0.15, -0.1) is 0 Å². The van der Waals surface area contributed by atoms with Crippen LogP contribution < -0.4 is 0 Å². The zero-order valence-electron chi connectivity index (χ0n) is 6.51. The summed E-state index contributed by atoms with van der Waals surface area (Å²) in [6, 6.07) is 10.0. The van der Waals surface area contributed by atoms with E-state index in [0.29, 0.717) is 0 Å². The first-order valence-electron chi connectivity index (χ1n) is 2.94. The number of rotatable bonds is 0. The van der Waals surface area contributed by atoms with Gasteiger partial charge in [0.25, 0.3) is 0 Å². The molecule has 1 rings (SSSR count). The summed E-state index contributed by atoms with van der Waals surface area (Å²) in [6.45, 7) is 0. The maximum Gasteiger partial charge on any atom is 2.00 e. The van der Waals surface area contributed by atoms with Gasteiger partial charge in [-0.3, -0.25) is 0 Å². The predicted molar refractivity (Wildman–Crippen MR) is 37.8 cm³/mol. The first-order chi connectivity index (χ1) is 5.75. The Labute approximate surface area is 89.5 Å². The van der Waals surface area contributed by atoms with Crippen molar-refractivity contribution in [3.8, 4) is 0 Å². The van der Waals surface area contributed by atoms with Gasteiger partial charge in [0.1, 0.15) is 0 Å². The van der Waals surface area contributed by atoms with E-state index in [1.807, 2.05) is 30.3 Å². The Hall–Kier alpha value is -0.431. The quantitative estimate of drug-likeness (QED) is 0.310. The van der Waals surface area contributed by atoms with Crippen molar-refractivity contribution in [1.82, 2.24) is 0 Å². The third-order valence-electron chi connectivity index (χ3n) is 0.839. The molecule has 0 aliphatic rings. The van der Waals surface area contributed by atoms with Crippen molar-refractivity contribution >= 4 is 10.1 Å². The predicted octanol–water partition coefficient (Wildman–Crippen LogP) is 1.45. The van der Waals surface area contributed by atoms with Crippen molar-refractivity contribution in [2.24, 2.45) is 0 Å². The molecule has 3 nitrogen and oxygen atoms in total. The Bertz CT molecular complexity index is 299. The van der Waals surface area contributed by atoms with Gasteiger partial charge in [-0.25, -0.2) is 20.6 Å². The molecule has 0 atom stereocenters. The second-order valence-corrected chi connectivity index (χ2v) is 3.23. The molecule has 0 saturated heterocycles. The molecule has 0 spiro atoms. The summed E-state index contributed by atoms with van der Waals surface area (Å²) in [6.07, 6.45) is 0. The summed E-state index contributed by atoms with van der Waals surface area (Å²) in [5.74, 6) is 0. The molecule has 0 heterocycles. The molecule has 1 aromatic rings. The van der Waals surface area contributed by atoms with E-state index < -0.39 is 15.6 Å². The number of alkyl halides is 3. The molecule has 0 fully saturated rings. The largest absolute Gasteiger partial charge is 2.00 e. The molecule has 0 saturated carbocycles. The monoisotopic (exact) mass is 270 g/mol. The Kier molecular flexibility index (Phi) is 7.01. The van der Waals surface area contributed by atoms with E-state index in [1.54, 1.807) is 0 Å². The summed E-state index contributed by atoms with van der Waals surface area (Å²) >= 11 is 0. The smallest absolute Gasteiger partial charge is 0.741 e. The molecule has 0 amide bonds. The molecule has 8 heteroatoms. The zero-order chi connectivity index (χ0) is 10.5. The van der Waals surface area contributed by atoms with Crippen LogP contribution in [0.15, 0.2) is 30.3 Å². The average molecular weight is 270 g/mol. The molecule has 0 N–H and O–H groups in total. The van der Waals surface area contributed by atoms with E-state index in [2.05, 4.69) is 0 Å². The summed E-state index contributed by atoms with van der Waals surface area (Å²) in [7, 11) is -6.09. The minimum absolute atomic E-state index is 0. The molecular formula is C6H5F3FeO3S.